The van der Waals surface area contributed by atoms with Gasteiger partial charge in [0.25, 0.3) is 0 Å². The van der Waals surface area contributed by atoms with E-state index < -0.39 is 38.5 Å². The molecule has 100 valence electrons. The monoisotopic (exact) mass is 264 g/mol. The first-order chi connectivity index (χ1) is 7.61. The third-order valence-corrected chi connectivity index (χ3v) is 5.45. The summed E-state index contributed by atoms with van der Waals surface area (Å²) in [6.07, 6.45) is 2.63. The molecule has 0 bridgehead atoms. The predicted molar refractivity (Wildman–Crippen MR) is 63.4 cm³/mol. The predicted octanol–water partition coefficient (Wildman–Crippen LogP) is 0.671. The van der Waals surface area contributed by atoms with Crippen LogP contribution in [0.1, 0.15) is 33.1 Å². The van der Waals surface area contributed by atoms with Crippen LogP contribution < -0.4 is 0 Å². The van der Waals surface area contributed by atoms with Gasteiger partial charge in [-0.1, -0.05) is 20.3 Å². The molecule has 0 amide bonds. The molecule has 1 aliphatic rings. The molecule has 6 heteroatoms. The fourth-order valence-electron chi connectivity index (χ4n) is 2.78. The molecule has 17 heavy (non-hydrogen) atoms. The summed E-state index contributed by atoms with van der Waals surface area (Å²) < 4.78 is 23.3. The van der Waals surface area contributed by atoms with Crippen LogP contribution in [0.15, 0.2) is 0 Å². The number of carbonyl (C=O) groups is 1. The Morgan fingerprint density at radius 1 is 1.35 bits per heavy atom. The number of aliphatic carboxylic acids is 1. The zero-order chi connectivity index (χ0) is 13.4. The molecule has 0 saturated heterocycles. The lowest BCUT2D eigenvalue weighted by Gasteiger charge is -2.36. The van der Waals surface area contributed by atoms with Gasteiger partial charge in [-0.3, -0.25) is 0 Å². The molecule has 2 N–H and O–H groups in total. The number of aliphatic hydroxyl groups is 1. The molecule has 0 aromatic rings. The number of carboxylic acid groups (broad SMARTS) is 1. The van der Waals surface area contributed by atoms with Crippen molar-refractivity contribution < 1.29 is 23.4 Å². The van der Waals surface area contributed by atoms with E-state index in [1.807, 2.05) is 0 Å². The number of hydrogen-bond donors (Lipinski definition) is 2. The average Bonchev–Trinajstić information content (AvgIpc) is 2.63. The fraction of sp³-hybridized carbons (Fsp3) is 0.909. The summed E-state index contributed by atoms with van der Waals surface area (Å²) in [6.45, 7) is 3.21. The molecule has 0 heterocycles. The quantitative estimate of drug-likeness (QED) is 0.778. The van der Waals surface area contributed by atoms with E-state index in [1.54, 1.807) is 13.8 Å². The van der Waals surface area contributed by atoms with Gasteiger partial charge in [0.05, 0.1) is 5.25 Å². The van der Waals surface area contributed by atoms with E-state index in [2.05, 4.69) is 0 Å². The van der Waals surface area contributed by atoms with Crippen molar-refractivity contribution in [3.63, 3.8) is 0 Å². The minimum atomic E-state index is -3.33. The Balaban J connectivity index is 3.16. The maximum absolute atomic E-state index is 11.6. The summed E-state index contributed by atoms with van der Waals surface area (Å²) in [5.74, 6) is -2.56. The van der Waals surface area contributed by atoms with Crippen molar-refractivity contribution in [1.82, 2.24) is 0 Å². The van der Waals surface area contributed by atoms with E-state index in [-0.39, 0.29) is 0 Å². The molecule has 5 nitrogen and oxygen atoms in total. The Bertz CT molecular complexity index is 400. The standard InChI is InChI=1S/C11H20O5S/c1-7(2)11(14,10(12)13)8-5-4-6-9(8)17(3,15)16/h7-9,14H,4-6H2,1-3H3,(H,12,13). The van der Waals surface area contributed by atoms with Crippen LogP contribution in [0.5, 0.6) is 0 Å². The van der Waals surface area contributed by atoms with Crippen molar-refractivity contribution in [2.45, 2.75) is 44.0 Å². The largest absolute Gasteiger partial charge is 0.479 e. The number of rotatable bonds is 4. The van der Waals surface area contributed by atoms with Crippen molar-refractivity contribution in [3.8, 4) is 0 Å². The highest BCUT2D eigenvalue weighted by molar-refractivity contribution is 7.91. The van der Waals surface area contributed by atoms with Crippen LogP contribution in [0.3, 0.4) is 0 Å². The summed E-state index contributed by atoms with van der Waals surface area (Å²) in [5.41, 5.74) is -1.95. The van der Waals surface area contributed by atoms with Crippen molar-refractivity contribution >= 4 is 15.8 Å². The number of sulfone groups is 1. The molecule has 0 aromatic heterocycles. The second-order valence-electron chi connectivity index (χ2n) is 5.19. The van der Waals surface area contributed by atoms with Crippen LogP contribution >= 0.6 is 0 Å². The maximum atomic E-state index is 11.6. The molecule has 3 unspecified atom stereocenters. The summed E-state index contributed by atoms with van der Waals surface area (Å²) in [4.78, 5) is 11.3. The normalized spacial score (nSPS) is 29.2. The molecule has 0 radical (unpaired) electrons. The van der Waals surface area contributed by atoms with Crippen LogP contribution in [0.25, 0.3) is 0 Å². The molecule has 0 aromatic carbocycles. The van der Waals surface area contributed by atoms with Gasteiger partial charge in [-0.05, 0) is 18.8 Å². The topological polar surface area (TPSA) is 91.7 Å². The third kappa shape index (κ3) is 2.47. The van der Waals surface area contributed by atoms with E-state index >= 15 is 0 Å². The van der Waals surface area contributed by atoms with Crippen LogP contribution in [-0.2, 0) is 14.6 Å². The maximum Gasteiger partial charge on any atom is 0.336 e. The summed E-state index contributed by atoms with van der Waals surface area (Å²) in [6, 6.07) is 0. The summed E-state index contributed by atoms with van der Waals surface area (Å²) >= 11 is 0. The minimum Gasteiger partial charge on any atom is -0.479 e. The minimum absolute atomic E-state index is 0.436. The lowest BCUT2D eigenvalue weighted by Crippen LogP contribution is -2.54. The second kappa shape index (κ2) is 4.57. The van der Waals surface area contributed by atoms with Gasteiger partial charge in [-0.25, -0.2) is 13.2 Å². The zero-order valence-electron chi connectivity index (χ0n) is 10.4. The van der Waals surface area contributed by atoms with Crippen LogP contribution in [0.2, 0.25) is 0 Å². The third-order valence-electron chi connectivity index (χ3n) is 3.79. The molecule has 1 aliphatic carbocycles. The zero-order valence-corrected chi connectivity index (χ0v) is 11.2. The van der Waals surface area contributed by atoms with E-state index in [4.69, 9.17) is 0 Å². The van der Waals surface area contributed by atoms with E-state index in [0.29, 0.717) is 19.3 Å². The highest BCUT2D eigenvalue weighted by Gasteiger charge is 2.54. The Kier molecular flexibility index (Phi) is 3.88. The van der Waals surface area contributed by atoms with Gasteiger partial charge in [0.15, 0.2) is 15.4 Å². The Morgan fingerprint density at radius 3 is 2.24 bits per heavy atom. The van der Waals surface area contributed by atoms with Gasteiger partial charge >= 0.3 is 5.97 Å². The molecule has 0 aliphatic heterocycles. The molecule has 3 atom stereocenters. The van der Waals surface area contributed by atoms with Crippen LogP contribution in [0, 0.1) is 11.8 Å². The lowest BCUT2D eigenvalue weighted by molar-refractivity contribution is -0.171. The summed E-state index contributed by atoms with van der Waals surface area (Å²) in [5, 5.41) is 18.8. The first-order valence-electron chi connectivity index (χ1n) is 5.76. The molecule has 1 saturated carbocycles. The molecule has 1 rings (SSSR count). The second-order valence-corrected chi connectivity index (χ2v) is 7.46. The van der Waals surface area contributed by atoms with Gasteiger partial charge < -0.3 is 10.2 Å². The average molecular weight is 264 g/mol. The van der Waals surface area contributed by atoms with Gasteiger partial charge in [0.2, 0.25) is 0 Å². The van der Waals surface area contributed by atoms with Crippen molar-refractivity contribution in [2.24, 2.45) is 11.8 Å². The fourth-order valence-corrected chi connectivity index (χ4v) is 4.31. The molecular formula is C11H20O5S. The first-order valence-corrected chi connectivity index (χ1v) is 7.72. The molecular weight excluding hydrogens is 244 g/mol. The van der Waals surface area contributed by atoms with Crippen LogP contribution in [-0.4, -0.2) is 41.7 Å². The lowest BCUT2D eigenvalue weighted by atomic mass is 9.77. The van der Waals surface area contributed by atoms with E-state index in [0.717, 1.165) is 6.26 Å². The smallest absolute Gasteiger partial charge is 0.336 e. The van der Waals surface area contributed by atoms with Crippen molar-refractivity contribution in [3.05, 3.63) is 0 Å². The van der Waals surface area contributed by atoms with Gasteiger partial charge in [0.1, 0.15) is 0 Å². The van der Waals surface area contributed by atoms with E-state index in [1.165, 1.54) is 0 Å². The first kappa shape index (κ1) is 14.4. The van der Waals surface area contributed by atoms with E-state index in [9.17, 15) is 23.4 Å². The molecule has 1 fully saturated rings. The van der Waals surface area contributed by atoms with Gasteiger partial charge in [0, 0.05) is 12.2 Å². The molecule has 0 spiro atoms. The Hall–Kier alpha value is -0.620. The Labute approximate surface area is 102 Å². The summed E-state index contributed by atoms with van der Waals surface area (Å²) in [7, 11) is -3.33. The SMILES string of the molecule is CC(C)C(O)(C(=O)O)C1CCCC1S(C)(=O)=O. The number of carboxylic acids is 1. The highest BCUT2D eigenvalue weighted by atomic mass is 32.2. The highest BCUT2D eigenvalue weighted by Crippen LogP contribution is 2.41. The Morgan fingerprint density at radius 2 is 1.88 bits per heavy atom. The van der Waals surface area contributed by atoms with Gasteiger partial charge in [-0.2, -0.15) is 0 Å². The van der Waals surface area contributed by atoms with Crippen molar-refractivity contribution in [1.29, 1.82) is 0 Å². The number of hydrogen-bond acceptors (Lipinski definition) is 4. The van der Waals surface area contributed by atoms with Gasteiger partial charge in [-0.15, -0.1) is 0 Å². The van der Waals surface area contributed by atoms with Crippen LogP contribution in [0.4, 0.5) is 0 Å². The van der Waals surface area contributed by atoms with Crippen molar-refractivity contribution in [2.75, 3.05) is 6.26 Å².